The molecule has 2 aromatic rings. The van der Waals surface area contributed by atoms with E-state index >= 15 is 0 Å². The molecule has 5 nitrogen and oxygen atoms in total. The van der Waals surface area contributed by atoms with Crippen LogP contribution in [0, 0.1) is 12.7 Å². The zero-order valence-electron chi connectivity index (χ0n) is 10.1. The molecule has 1 atom stereocenters. The van der Waals surface area contributed by atoms with Crippen LogP contribution in [0.3, 0.4) is 0 Å². The summed E-state index contributed by atoms with van der Waals surface area (Å²) in [6.45, 7) is 3.98. The molecule has 2 heterocycles. The summed E-state index contributed by atoms with van der Waals surface area (Å²) in [5, 5.41) is 3.00. The maximum absolute atomic E-state index is 13.5. The van der Waals surface area contributed by atoms with Crippen molar-refractivity contribution in [2.24, 2.45) is 5.84 Å². The molecule has 7 heteroatoms. The number of nitrogens with two attached hydrogens (primary N) is 1. The largest absolute Gasteiger partial charge is 0.360 e. The van der Waals surface area contributed by atoms with Gasteiger partial charge in [-0.15, -0.1) is 11.3 Å². The van der Waals surface area contributed by atoms with Crippen molar-refractivity contribution in [3.05, 3.63) is 33.9 Å². The van der Waals surface area contributed by atoms with Crippen molar-refractivity contribution >= 4 is 23.1 Å². The number of hydrogen-bond donors (Lipinski definition) is 3. The van der Waals surface area contributed by atoms with Gasteiger partial charge in [-0.2, -0.15) is 4.98 Å². The van der Waals surface area contributed by atoms with Crippen LogP contribution in [0.1, 0.15) is 22.7 Å². The molecule has 0 aliphatic heterocycles. The highest BCUT2D eigenvalue weighted by molar-refractivity contribution is 7.12. The Kier molecular flexibility index (Phi) is 3.73. The Bertz CT molecular complexity index is 542. The lowest BCUT2D eigenvalue weighted by Gasteiger charge is -2.13. The van der Waals surface area contributed by atoms with Crippen molar-refractivity contribution in [1.82, 2.24) is 9.97 Å². The monoisotopic (exact) mass is 267 g/mol. The zero-order valence-corrected chi connectivity index (χ0v) is 10.9. The second-order valence-corrected chi connectivity index (χ2v) is 5.17. The third kappa shape index (κ3) is 2.74. The predicted molar refractivity (Wildman–Crippen MR) is 70.9 cm³/mol. The molecular weight excluding hydrogens is 253 g/mol. The van der Waals surface area contributed by atoms with Crippen molar-refractivity contribution in [3.63, 3.8) is 0 Å². The smallest absolute Gasteiger partial charge is 0.239 e. The van der Waals surface area contributed by atoms with Gasteiger partial charge in [-0.1, -0.05) is 0 Å². The number of nitrogen functional groups attached to an aromatic ring is 1. The molecule has 2 aromatic heterocycles. The first-order valence-electron chi connectivity index (χ1n) is 5.42. The van der Waals surface area contributed by atoms with Gasteiger partial charge in [0.1, 0.15) is 0 Å². The van der Waals surface area contributed by atoms with Gasteiger partial charge in [0.05, 0.1) is 12.2 Å². The molecule has 0 fully saturated rings. The Morgan fingerprint density at radius 3 is 2.83 bits per heavy atom. The lowest BCUT2D eigenvalue weighted by atomic mass is 10.2. The minimum Gasteiger partial charge on any atom is -0.360 e. The number of rotatable bonds is 4. The van der Waals surface area contributed by atoms with Crippen LogP contribution in [0.25, 0.3) is 0 Å². The van der Waals surface area contributed by atoms with Gasteiger partial charge in [-0.25, -0.2) is 15.2 Å². The SMILES string of the molecule is Cc1ccc(C(C)Nc2nc(NN)ncc2F)s1. The molecule has 0 aliphatic carbocycles. The number of nitrogens with one attached hydrogen (secondary N) is 2. The lowest BCUT2D eigenvalue weighted by molar-refractivity contribution is 0.614. The van der Waals surface area contributed by atoms with Crippen molar-refractivity contribution in [1.29, 1.82) is 0 Å². The van der Waals surface area contributed by atoms with E-state index < -0.39 is 5.82 Å². The number of aryl methyl sites for hydroxylation is 1. The molecule has 2 rings (SSSR count). The summed E-state index contributed by atoms with van der Waals surface area (Å²) in [5.74, 6) is 5.00. The molecule has 96 valence electrons. The summed E-state index contributed by atoms with van der Waals surface area (Å²) < 4.78 is 13.5. The summed E-state index contributed by atoms with van der Waals surface area (Å²) >= 11 is 1.66. The van der Waals surface area contributed by atoms with E-state index in [0.29, 0.717) is 0 Å². The van der Waals surface area contributed by atoms with Gasteiger partial charge in [0.25, 0.3) is 0 Å². The lowest BCUT2D eigenvalue weighted by Crippen LogP contribution is -2.14. The van der Waals surface area contributed by atoms with Crippen molar-refractivity contribution in [3.8, 4) is 0 Å². The van der Waals surface area contributed by atoms with E-state index in [1.165, 1.54) is 4.88 Å². The van der Waals surface area contributed by atoms with Crippen LogP contribution in [0.2, 0.25) is 0 Å². The Morgan fingerprint density at radius 2 is 2.22 bits per heavy atom. The first-order chi connectivity index (χ1) is 8.60. The number of aromatic nitrogens is 2. The molecule has 0 spiro atoms. The topological polar surface area (TPSA) is 75.9 Å². The first-order valence-corrected chi connectivity index (χ1v) is 6.24. The van der Waals surface area contributed by atoms with Crippen molar-refractivity contribution < 1.29 is 4.39 Å². The minimum atomic E-state index is -0.505. The molecule has 18 heavy (non-hydrogen) atoms. The second-order valence-electron chi connectivity index (χ2n) is 3.85. The van der Waals surface area contributed by atoms with E-state index in [9.17, 15) is 4.39 Å². The fraction of sp³-hybridized carbons (Fsp3) is 0.273. The average Bonchev–Trinajstić information content (AvgIpc) is 2.79. The van der Waals surface area contributed by atoms with E-state index in [0.717, 1.165) is 11.1 Å². The van der Waals surface area contributed by atoms with Crippen LogP contribution >= 0.6 is 11.3 Å². The van der Waals surface area contributed by atoms with Crippen LogP contribution in [-0.2, 0) is 0 Å². The standard InChI is InChI=1S/C11H14FN5S/c1-6-3-4-9(18-6)7(2)15-10-8(12)5-14-11(16-10)17-13/h3-5,7H,13H2,1-2H3,(H2,14,15,16,17). The summed E-state index contributed by atoms with van der Waals surface area (Å²) in [6.07, 6.45) is 1.08. The molecule has 0 saturated carbocycles. The molecule has 0 aromatic carbocycles. The zero-order chi connectivity index (χ0) is 13.1. The maximum atomic E-state index is 13.5. The quantitative estimate of drug-likeness (QED) is 0.586. The Labute approximate surface area is 108 Å². The van der Waals surface area contributed by atoms with Crippen molar-refractivity contribution in [2.45, 2.75) is 19.9 Å². The summed E-state index contributed by atoms with van der Waals surface area (Å²) in [5.41, 5.74) is 2.29. The Balaban J connectivity index is 2.18. The number of nitrogens with zero attached hydrogens (tertiary/aromatic N) is 2. The molecule has 0 aliphatic rings. The van der Waals surface area contributed by atoms with E-state index in [-0.39, 0.29) is 17.8 Å². The number of anilines is 2. The van der Waals surface area contributed by atoms with Crippen LogP contribution in [0.5, 0.6) is 0 Å². The van der Waals surface area contributed by atoms with Crippen LogP contribution in [0.15, 0.2) is 18.3 Å². The minimum absolute atomic E-state index is 0.0290. The molecular formula is C11H14FN5S. The van der Waals surface area contributed by atoms with Gasteiger partial charge in [0.2, 0.25) is 5.95 Å². The summed E-state index contributed by atoms with van der Waals surface area (Å²) in [7, 11) is 0. The van der Waals surface area contributed by atoms with E-state index in [1.54, 1.807) is 11.3 Å². The van der Waals surface area contributed by atoms with Crippen LogP contribution in [0.4, 0.5) is 16.2 Å². The molecule has 0 saturated heterocycles. The fourth-order valence-corrected chi connectivity index (χ4v) is 2.38. The third-order valence-electron chi connectivity index (χ3n) is 2.41. The van der Waals surface area contributed by atoms with Gasteiger partial charge in [-0.3, -0.25) is 5.43 Å². The number of thiophene rings is 1. The van der Waals surface area contributed by atoms with Gasteiger partial charge in [0.15, 0.2) is 11.6 Å². The Hall–Kier alpha value is -1.73. The highest BCUT2D eigenvalue weighted by atomic mass is 32.1. The number of halogens is 1. The van der Waals surface area contributed by atoms with E-state index in [2.05, 4.69) is 20.7 Å². The van der Waals surface area contributed by atoms with Crippen LogP contribution in [-0.4, -0.2) is 9.97 Å². The van der Waals surface area contributed by atoms with Gasteiger partial charge in [0, 0.05) is 9.75 Å². The molecule has 0 radical (unpaired) electrons. The third-order valence-corrected chi connectivity index (χ3v) is 3.60. The second kappa shape index (κ2) is 5.28. The highest BCUT2D eigenvalue weighted by Gasteiger charge is 2.12. The van der Waals surface area contributed by atoms with Crippen molar-refractivity contribution in [2.75, 3.05) is 10.7 Å². The maximum Gasteiger partial charge on any atom is 0.239 e. The summed E-state index contributed by atoms with van der Waals surface area (Å²) in [4.78, 5) is 9.95. The number of hydrazine groups is 1. The van der Waals surface area contributed by atoms with Crippen LogP contribution < -0.4 is 16.6 Å². The first kappa shape index (κ1) is 12.7. The van der Waals surface area contributed by atoms with E-state index in [1.807, 2.05) is 26.0 Å². The average molecular weight is 267 g/mol. The van der Waals surface area contributed by atoms with E-state index in [4.69, 9.17) is 5.84 Å². The summed E-state index contributed by atoms with van der Waals surface area (Å²) in [6, 6.07) is 4.01. The predicted octanol–water partition coefficient (Wildman–Crippen LogP) is 2.44. The number of hydrogen-bond acceptors (Lipinski definition) is 6. The Morgan fingerprint density at radius 1 is 1.44 bits per heavy atom. The normalized spacial score (nSPS) is 12.2. The highest BCUT2D eigenvalue weighted by Crippen LogP contribution is 2.26. The van der Waals surface area contributed by atoms with Gasteiger partial charge >= 0.3 is 0 Å². The molecule has 4 N–H and O–H groups in total. The molecule has 1 unspecified atom stereocenters. The molecule has 0 bridgehead atoms. The molecule has 0 amide bonds. The van der Waals surface area contributed by atoms with Gasteiger partial charge < -0.3 is 5.32 Å². The fourth-order valence-electron chi connectivity index (χ4n) is 1.50. The van der Waals surface area contributed by atoms with Gasteiger partial charge in [-0.05, 0) is 26.0 Å².